The molecule has 0 unspecified atom stereocenters. The number of carbonyl (C=O) groups is 2. The molecule has 0 aliphatic rings. The van der Waals surface area contributed by atoms with Crippen molar-refractivity contribution in [2.45, 2.75) is 30.7 Å². The summed E-state index contributed by atoms with van der Waals surface area (Å²) in [5.41, 5.74) is 1.36. The number of hydrogen-bond acceptors (Lipinski definition) is 5. The van der Waals surface area contributed by atoms with Crippen molar-refractivity contribution in [3.8, 4) is 5.75 Å². The van der Waals surface area contributed by atoms with Crippen LogP contribution in [-0.2, 0) is 26.0 Å². The van der Waals surface area contributed by atoms with Crippen molar-refractivity contribution in [3.05, 3.63) is 90.5 Å². The minimum Gasteiger partial charge on any atom is -0.497 e. The van der Waals surface area contributed by atoms with Crippen LogP contribution in [0.4, 0.5) is 5.69 Å². The summed E-state index contributed by atoms with van der Waals surface area (Å²) in [5, 5.41) is 2.62. The largest absolute Gasteiger partial charge is 0.497 e. The van der Waals surface area contributed by atoms with Crippen LogP contribution in [0, 0.1) is 0 Å². The van der Waals surface area contributed by atoms with Crippen LogP contribution in [0.2, 0.25) is 0 Å². The van der Waals surface area contributed by atoms with E-state index in [4.69, 9.17) is 4.74 Å². The molecule has 0 saturated carbocycles. The van der Waals surface area contributed by atoms with Gasteiger partial charge in [0.2, 0.25) is 11.8 Å². The van der Waals surface area contributed by atoms with Gasteiger partial charge in [0.05, 0.1) is 17.7 Å². The number of para-hydroxylation sites is 1. The Morgan fingerprint density at radius 1 is 0.919 bits per heavy atom. The molecule has 2 amide bonds. The summed E-state index contributed by atoms with van der Waals surface area (Å²) < 4.78 is 33.7. The van der Waals surface area contributed by atoms with Crippen LogP contribution in [0.3, 0.4) is 0 Å². The summed E-state index contributed by atoms with van der Waals surface area (Å²) in [7, 11) is -1.08. The summed E-state index contributed by atoms with van der Waals surface area (Å²) >= 11 is 0. The summed E-state index contributed by atoms with van der Waals surface area (Å²) in [6.07, 6.45) is 0.910. The lowest BCUT2D eigenvalue weighted by Crippen LogP contribution is -2.52. The minimum atomic E-state index is -4.10. The quantitative estimate of drug-likeness (QED) is 0.392. The first kappa shape index (κ1) is 27.7. The number of amides is 2. The van der Waals surface area contributed by atoms with Gasteiger partial charge in [-0.2, -0.15) is 0 Å². The number of ether oxygens (including phenoxy) is 1. The molecule has 9 heteroatoms. The van der Waals surface area contributed by atoms with Crippen molar-refractivity contribution >= 4 is 27.5 Å². The van der Waals surface area contributed by atoms with Crippen molar-refractivity contribution in [2.24, 2.45) is 0 Å². The highest BCUT2D eigenvalue weighted by atomic mass is 32.2. The number of nitrogens with one attached hydrogen (secondary N) is 1. The van der Waals surface area contributed by atoms with Crippen LogP contribution in [0.25, 0.3) is 0 Å². The van der Waals surface area contributed by atoms with Gasteiger partial charge < -0.3 is 15.0 Å². The molecule has 196 valence electrons. The van der Waals surface area contributed by atoms with E-state index in [0.717, 1.165) is 9.87 Å². The summed E-state index contributed by atoms with van der Waals surface area (Å²) in [4.78, 5) is 28.0. The number of rotatable bonds is 12. The Balaban J connectivity index is 1.97. The Bertz CT molecular complexity index is 1270. The minimum absolute atomic E-state index is 0.0270. The topological polar surface area (TPSA) is 96.0 Å². The Morgan fingerprint density at radius 2 is 1.51 bits per heavy atom. The summed E-state index contributed by atoms with van der Waals surface area (Å²) in [6, 6.07) is 23.4. The highest BCUT2D eigenvalue weighted by Gasteiger charge is 2.33. The molecule has 3 aromatic rings. The second-order valence-electron chi connectivity index (χ2n) is 8.38. The van der Waals surface area contributed by atoms with Crippen molar-refractivity contribution in [2.75, 3.05) is 31.6 Å². The molecule has 0 heterocycles. The zero-order valence-electron chi connectivity index (χ0n) is 21.3. The lowest BCUT2D eigenvalue weighted by Gasteiger charge is -2.33. The Morgan fingerprint density at radius 3 is 2.05 bits per heavy atom. The molecule has 0 spiro atoms. The number of carbonyl (C=O) groups excluding carboxylic acids is 2. The average molecular weight is 524 g/mol. The molecular formula is C28H33N3O5S. The zero-order valence-corrected chi connectivity index (χ0v) is 22.1. The first-order valence-corrected chi connectivity index (χ1v) is 13.5. The fraction of sp³-hybridized carbons (Fsp3) is 0.286. The van der Waals surface area contributed by atoms with Gasteiger partial charge in [0.25, 0.3) is 10.0 Å². The first-order chi connectivity index (χ1) is 17.8. The number of likely N-dealkylation sites (N-methyl/N-ethyl adjacent to an activating group) is 1. The maximum absolute atomic E-state index is 13.8. The Kier molecular flexibility index (Phi) is 9.68. The number of anilines is 1. The maximum Gasteiger partial charge on any atom is 0.264 e. The second kappa shape index (κ2) is 12.9. The zero-order chi connectivity index (χ0) is 26.8. The molecule has 0 radical (unpaired) electrons. The van der Waals surface area contributed by atoms with E-state index in [1.165, 1.54) is 31.2 Å². The number of nitrogens with zero attached hydrogens (tertiary/aromatic N) is 2. The van der Waals surface area contributed by atoms with Gasteiger partial charge in [-0.15, -0.1) is 0 Å². The van der Waals surface area contributed by atoms with Crippen molar-refractivity contribution in [1.29, 1.82) is 0 Å². The monoisotopic (exact) mass is 523 g/mol. The number of hydrogen-bond donors (Lipinski definition) is 1. The number of sulfonamides is 1. The third kappa shape index (κ3) is 6.89. The van der Waals surface area contributed by atoms with Gasteiger partial charge >= 0.3 is 0 Å². The van der Waals surface area contributed by atoms with Crippen LogP contribution in [0.5, 0.6) is 5.75 Å². The fourth-order valence-corrected chi connectivity index (χ4v) is 5.47. The highest BCUT2D eigenvalue weighted by molar-refractivity contribution is 7.92. The molecule has 0 aliphatic heterocycles. The Hall–Kier alpha value is -3.85. The van der Waals surface area contributed by atoms with Gasteiger partial charge in [-0.25, -0.2) is 8.42 Å². The standard InChI is InChI=1S/C28H33N3O5S/c1-4-26(28(33)29-2)30(20-19-22-11-7-5-8-12-22)27(32)21-31(23-13-9-6-10-14-23)37(34,35)25-17-15-24(36-3)16-18-25/h5-18,26H,4,19-21H2,1-3H3,(H,29,33)/t26-/m0/s1. The van der Waals surface area contributed by atoms with E-state index in [1.807, 2.05) is 37.3 Å². The van der Waals surface area contributed by atoms with E-state index in [1.54, 1.807) is 42.5 Å². The number of methoxy groups -OCH3 is 1. The molecule has 3 aromatic carbocycles. The highest BCUT2D eigenvalue weighted by Crippen LogP contribution is 2.25. The smallest absolute Gasteiger partial charge is 0.264 e. The molecule has 0 aromatic heterocycles. The van der Waals surface area contributed by atoms with E-state index in [9.17, 15) is 18.0 Å². The van der Waals surface area contributed by atoms with Crippen LogP contribution in [-0.4, -0.2) is 58.4 Å². The van der Waals surface area contributed by atoms with Crippen molar-refractivity contribution < 1.29 is 22.7 Å². The molecule has 37 heavy (non-hydrogen) atoms. The molecular weight excluding hydrogens is 490 g/mol. The van der Waals surface area contributed by atoms with Crippen LogP contribution in [0.15, 0.2) is 89.8 Å². The molecule has 0 aliphatic carbocycles. The molecule has 0 saturated heterocycles. The predicted molar refractivity (Wildman–Crippen MR) is 144 cm³/mol. The third-order valence-electron chi connectivity index (χ3n) is 6.09. The SMILES string of the molecule is CC[C@@H](C(=O)NC)N(CCc1ccccc1)C(=O)CN(c1ccccc1)S(=O)(=O)c1ccc(OC)cc1. The van der Waals surface area contributed by atoms with E-state index < -0.39 is 28.5 Å². The van der Waals surface area contributed by atoms with E-state index in [2.05, 4.69) is 5.32 Å². The molecule has 0 fully saturated rings. The molecule has 3 rings (SSSR count). The van der Waals surface area contributed by atoms with Crippen molar-refractivity contribution in [3.63, 3.8) is 0 Å². The summed E-state index contributed by atoms with van der Waals surface area (Å²) in [5.74, 6) is -0.245. The lowest BCUT2D eigenvalue weighted by molar-refractivity contribution is -0.139. The van der Waals surface area contributed by atoms with E-state index in [-0.39, 0.29) is 17.3 Å². The van der Waals surface area contributed by atoms with Gasteiger partial charge in [0, 0.05) is 13.6 Å². The van der Waals surface area contributed by atoms with Gasteiger partial charge in [0.1, 0.15) is 18.3 Å². The fourth-order valence-electron chi connectivity index (χ4n) is 4.06. The van der Waals surface area contributed by atoms with Gasteiger partial charge in [-0.05, 0) is 54.8 Å². The van der Waals surface area contributed by atoms with Crippen molar-refractivity contribution in [1.82, 2.24) is 10.2 Å². The Labute approximate surface area is 218 Å². The van der Waals surface area contributed by atoms with Crippen LogP contribution in [0.1, 0.15) is 18.9 Å². The second-order valence-corrected chi connectivity index (χ2v) is 10.2. The van der Waals surface area contributed by atoms with Gasteiger partial charge in [0.15, 0.2) is 0 Å². The van der Waals surface area contributed by atoms with E-state index >= 15 is 0 Å². The van der Waals surface area contributed by atoms with Crippen LogP contribution < -0.4 is 14.4 Å². The van der Waals surface area contributed by atoms with E-state index in [0.29, 0.717) is 24.3 Å². The third-order valence-corrected chi connectivity index (χ3v) is 7.88. The number of benzene rings is 3. The molecule has 1 N–H and O–H groups in total. The molecule has 0 bridgehead atoms. The molecule has 8 nitrogen and oxygen atoms in total. The maximum atomic E-state index is 13.8. The normalized spacial score (nSPS) is 11.9. The van der Waals surface area contributed by atoms with Crippen LogP contribution >= 0.6 is 0 Å². The predicted octanol–water partition coefficient (Wildman–Crippen LogP) is 3.49. The average Bonchev–Trinajstić information content (AvgIpc) is 2.94. The molecule has 1 atom stereocenters. The summed E-state index contributed by atoms with van der Waals surface area (Å²) in [6.45, 7) is 1.63. The van der Waals surface area contributed by atoms with Gasteiger partial charge in [-0.1, -0.05) is 55.5 Å². The first-order valence-electron chi connectivity index (χ1n) is 12.1. The lowest BCUT2D eigenvalue weighted by atomic mass is 10.1. The van der Waals surface area contributed by atoms with Gasteiger partial charge in [-0.3, -0.25) is 13.9 Å².